The number of aliphatic hydroxyl groups is 1. The summed E-state index contributed by atoms with van der Waals surface area (Å²) in [6.07, 6.45) is 0. The number of likely N-dealkylation sites (N-methyl/N-ethyl adjacent to an activating group) is 1. The SMILES string of the molecule is CCN(CC)CCOC(=O)C(C)(CO)c1ccccc1.Cl. The average Bonchev–Trinajstić information content (AvgIpc) is 2.51. The Labute approximate surface area is 133 Å². The molecule has 0 heterocycles. The molecule has 0 aliphatic heterocycles. The van der Waals surface area contributed by atoms with E-state index in [9.17, 15) is 9.90 Å². The van der Waals surface area contributed by atoms with Crippen LogP contribution in [0.1, 0.15) is 26.3 Å². The third-order valence-corrected chi connectivity index (χ3v) is 3.71. The Morgan fingerprint density at radius 1 is 1.24 bits per heavy atom. The van der Waals surface area contributed by atoms with Crippen LogP contribution in [0.5, 0.6) is 0 Å². The van der Waals surface area contributed by atoms with Crippen LogP contribution in [0.4, 0.5) is 0 Å². The van der Waals surface area contributed by atoms with Gasteiger partial charge in [0.15, 0.2) is 0 Å². The number of ether oxygens (including phenoxy) is 1. The zero-order valence-electron chi connectivity index (χ0n) is 13.0. The highest BCUT2D eigenvalue weighted by Crippen LogP contribution is 2.24. The number of rotatable bonds is 8. The van der Waals surface area contributed by atoms with Gasteiger partial charge in [-0.3, -0.25) is 4.79 Å². The Morgan fingerprint density at radius 2 is 1.81 bits per heavy atom. The summed E-state index contributed by atoms with van der Waals surface area (Å²) in [6, 6.07) is 9.26. The summed E-state index contributed by atoms with van der Waals surface area (Å²) in [5.41, 5.74) is -0.222. The molecular formula is C16H26ClNO3. The Kier molecular flexibility index (Phi) is 9.26. The second kappa shape index (κ2) is 9.77. The molecular weight excluding hydrogens is 290 g/mol. The van der Waals surface area contributed by atoms with Crippen LogP contribution in [-0.2, 0) is 14.9 Å². The zero-order valence-corrected chi connectivity index (χ0v) is 13.9. The van der Waals surface area contributed by atoms with Crippen LogP contribution < -0.4 is 0 Å². The van der Waals surface area contributed by atoms with Gasteiger partial charge in [0.05, 0.1) is 6.61 Å². The molecule has 0 amide bonds. The third-order valence-electron chi connectivity index (χ3n) is 3.71. The quantitative estimate of drug-likeness (QED) is 0.748. The highest BCUT2D eigenvalue weighted by molar-refractivity contribution is 5.85. The van der Waals surface area contributed by atoms with E-state index in [1.807, 2.05) is 30.3 Å². The lowest BCUT2D eigenvalue weighted by Gasteiger charge is -2.26. The number of aliphatic hydroxyl groups excluding tert-OH is 1. The summed E-state index contributed by atoms with van der Waals surface area (Å²) < 4.78 is 5.35. The van der Waals surface area contributed by atoms with Gasteiger partial charge in [-0.2, -0.15) is 0 Å². The van der Waals surface area contributed by atoms with Gasteiger partial charge in [0, 0.05) is 6.54 Å². The van der Waals surface area contributed by atoms with Gasteiger partial charge in [-0.05, 0) is 25.6 Å². The van der Waals surface area contributed by atoms with Gasteiger partial charge in [0.1, 0.15) is 12.0 Å². The van der Waals surface area contributed by atoms with Gasteiger partial charge in [-0.25, -0.2) is 0 Å². The Balaban J connectivity index is 0.00000400. The van der Waals surface area contributed by atoms with E-state index in [4.69, 9.17) is 4.74 Å². The van der Waals surface area contributed by atoms with Crippen LogP contribution in [-0.4, -0.2) is 48.8 Å². The van der Waals surface area contributed by atoms with Crippen LogP contribution >= 0.6 is 12.4 Å². The van der Waals surface area contributed by atoms with Crippen molar-refractivity contribution >= 4 is 18.4 Å². The van der Waals surface area contributed by atoms with Gasteiger partial charge in [0.2, 0.25) is 0 Å². The molecule has 4 nitrogen and oxygen atoms in total. The predicted octanol–water partition coefficient (Wildman–Crippen LogP) is 2.24. The molecule has 0 saturated heterocycles. The van der Waals surface area contributed by atoms with E-state index < -0.39 is 5.41 Å². The topological polar surface area (TPSA) is 49.8 Å². The van der Waals surface area contributed by atoms with Gasteiger partial charge >= 0.3 is 5.97 Å². The number of nitrogens with zero attached hydrogens (tertiary/aromatic N) is 1. The smallest absolute Gasteiger partial charge is 0.318 e. The molecule has 1 rings (SSSR count). The first kappa shape index (κ1) is 19.9. The van der Waals surface area contributed by atoms with Crippen molar-refractivity contribution in [3.8, 4) is 0 Å². The van der Waals surface area contributed by atoms with E-state index in [0.717, 1.165) is 25.2 Å². The average molecular weight is 316 g/mol. The zero-order chi connectivity index (χ0) is 15.0. The molecule has 0 fully saturated rings. The second-order valence-corrected chi connectivity index (χ2v) is 5.02. The predicted molar refractivity (Wildman–Crippen MR) is 86.9 cm³/mol. The lowest BCUT2D eigenvalue weighted by atomic mass is 9.83. The van der Waals surface area contributed by atoms with Crippen molar-refractivity contribution in [2.75, 3.05) is 32.8 Å². The molecule has 1 N–H and O–H groups in total. The molecule has 1 unspecified atom stereocenters. The van der Waals surface area contributed by atoms with Crippen molar-refractivity contribution in [2.24, 2.45) is 0 Å². The highest BCUT2D eigenvalue weighted by Gasteiger charge is 2.36. The molecule has 0 aliphatic rings. The number of carbonyl (C=O) groups excluding carboxylic acids is 1. The summed E-state index contributed by atoms with van der Waals surface area (Å²) in [6.45, 7) is 8.54. The molecule has 120 valence electrons. The highest BCUT2D eigenvalue weighted by atomic mass is 35.5. The van der Waals surface area contributed by atoms with Crippen molar-refractivity contribution in [1.82, 2.24) is 4.90 Å². The van der Waals surface area contributed by atoms with E-state index in [0.29, 0.717) is 6.61 Å². The summed E-state index contributed by atoms with van der Waals surface area (Å²) in [5.74, 6) is -0.377. The number of hydrogen-bond donors (Lipinski definition) is 1. The molecule has 21 heavy (non-hydrogen) atoms. The first-order chi connectivity index (χ1) is 9.58. The molecule has 0 radical (unpaired) electrons. The van der Waals surface area contributed by atoms with Crippen LogP contribution in [0.3, 0.4) is 0 Å². The maximum atomic E-state index is 12.3. The molecule has 1 aromatic rings. The first-order valence-corrected chi connectivity index (χ1v) is 7.14. The fourth-order valence-corrected chi connectivity index (χ4v) is 2.05. The number of esters is 1. The Hall–Kier alpha value is -1.10. The molecule has 0 spiro atoms. The minimum absolute atomic E-state index is 0. The Bertz CT molecular complexity index is 409. The van der Waals surface area contributed by atoms with E-state index in [1.165, 1.54) is 0 Å². The number of hydrogen-bond acceptors (Lipinski definition) is 4. The maximum Gasteiger partial charge on any atom is 0.318 e. The Morgan fingerprint density at radius 3 is 2.29 bits per heavy atom. The number of benzene rings is 1. The van der Waals surface area contributed by atoms with Gasteiger partial charge in [-0.15, -0.1) is 12.4 Å². The molecule has 0 bridgehead atoms. The van der Waals surface area contributed by atoms with Crippen LogP contribution in [0.2, 0.25) is 0 Å². The molecule has 0 aliphatic carbocycles. The second-order valence-electron chi connectivity index (χ2n) is 5.02. The van der Waals surface area contributed by atoms with Crippen molar-refractivity contribution in [1.29, 1.82) is 0 Å². The van der Waals surface area contributed by atoms with Gasteiger partial charge in [-0.1, -0.05) is 44.2 Å². The van der Waals surface area contributed by atoms with Crippen LogP contribution in [0, 0.1) is 0 Å². The normalized spacial score (nSPS) is 13.4. The number of halogens is 1. The monoisotopic (exact) mass is 315 g/mol. The fraction of sp³-hybridized carbons (Fsp3) is 0.562. The molecule has 0 saturated carbocycles. The van der Waals surface area contributed by atoms with Crippen molar-refractivity contribution in [3.63, 3.8) is 0 Å². The maximum absolute atomic E-state index is 12.3. The summed E-state index contributed by atoms with van der Waals surface area (Å²) >= 11 is 0. The number of carbonyl (C=O) groups is 1. The lowest BCUT2D eigenvalue weighted by Crippen LogP contribution is -2.39. The molecule has 1 atom stereocenters. The molecule has 1 aromatic carbocycles. The molecule has 5 heteroatoms. The summed E-state index contributed by atoms with van der Waals surface area (Å²) in [5, 5.41) is 9.60. The van der Waals surface area contributed by atoms with Crippen LogP contribution in [0.15, 0.2) is 30.3 Å². The lowest BCUT2D eigenvalue weighted by molar-refractivity contribution is -0.152. The standard InChI is InChI=1S/C16H25NO3.ClH/c1-4-17(5-2)11-12-20-15(19)16(3,13-18)14-9-7-6-8-10-14;/h6-10,18H,4-5,11-13H2,1-3H3;1H. The third kappa shape index (κ3) is 5.30. The van der Waals surface area contributed by atoms with Crippen LogP contribution in [0.25, 0.3) is 0 Å². The van der Waals surface area contributed by atoms with E-state index >= 15 is 0 Å². The van der Waals surface area contributed by atoms with E-state index in [2.05, 4.69) is 18.7 Å². The van der Waals surface area contributed by atoms with Crippen molar-refractivity contribution in [2.45, 2.75) is 26.2 Å². The van der Waals surface area contributed by atoms with E-state index in [-0.39, 0.29) is 25.0 Å². The first-order valence-electron chi connectivity index (χ1n) is 7.14. The summed E-state index contributed by atoms with van der Waals surface area (Å²) in [4.78, 5) is 14.4. The fourth-order valence-electron chi connectivity index (χ4n) is 2.05. The van der Waals surface area contributed by atoms with E-state index in [1.54, 1.807) is 6.92 Å². The van der Waals surface area contributed by atoms with Crippen molar-refractivity contribution in [3.05, 3.63) is 35.9 Å². The van der Waals surface area contributed by atoms with Crippen molar-refractivity contribution < 1.29 is 14.6 Å². The minimum Gasteiger partial charge on any atom is -0.464 e. The molecule has 0 aromatic heterocycles. The van der Waals surface area contributed by atoms with Gasteiger partial charge in [0.25, 0.3) is 0 Å². The van der Waals surface area contributed by atoms with Gasteiger partial charge < -0.3 is 14.7 Å². The largest absolute Gasteiger partial charge is 0.464 e. The minimum atomic E-state index is -0.996. The summed E-state index contributed by atoms with van der Waals surface area (Å²) in [7, 11) is 0.